The summed E-state index contributed by atoms with van der Waals surface area (Å²) in [5.41, 5.74) is 2.37. The molecule has 4 aromatic rings. The van der Waals surface area contributed by atoms with Crippen LogP contribution in [0.4, 0.5) is 14.6 Å². The average molecular weight is 368 g/mol. The molecule has 0 saturated carbocycles. The van der Waals surface area contributed by atoms with Crippen molar-refractivity contribution in [3.63, 3.8) is 0 Å². The molecule has 136 valence electrons. The summed E-state index contributed by atoms with van der Waals surface area (Å²) in [7, 11) is 0. The number of alkyl halides is 2. The van der Waals surface area contributed by atoms with Crippen LogP contribution in [0.5, 0.6) is 5.75 Å². The van der Waals surface area contributed by atoms with Crippen LogP contribution >= 0.6 is 0 Å². The van der Waals surface area contributed by atoms with Crippen LogP contribution in [0.25, 0.3) is 17.0 Å². The zero-order valence-electron chi connectivity index (χ0n) is 14.0. The van der Waals surface area contributed by atoms with E-state index in [0.717, 1.165) is 11.3 Å². The third kappa shape index (κ3) is 3.81. The van der Waals surface area contributed by atoms with Crippen molar-refractivity contribution in [2.75, 3.05) is 5.32 Å². The zero-order chi connectivity index (χ0) is 18.6. The molecule has 3 aromatic heterocycles. The molecule has 0 fully saturated rings. The number of hydrogen-bond donors (Lipinski definition) is 1. The fraction of sp³-hybridized carbons (Fsp3) is 0.111. The van der Waals surface area contributed by atoms with Gasteiger partial charge in [0, 0.05) is 11.6 Å². The van der Waals surface area contributed by atoms with E-state index in [1.807, 2.05) is 36.4 Å². The Balaban J connectivity index is 1.57. The van der Waals surface area contributed by atoms with Crippen LogP contribution in [0.3, 0.4) is 0 Å². The van der Waals surface area contributed by atoms with E-state index in [2.05, 4.69) is 30.1 Å². The number of pyridine rings is 1. The Morgan fingerprint density at radius 3 is 2.67 bits per heavy atom. The summed E-state index contributed by atoms with van der Waals surface area (Å²) in [6.45, 7) is -2.51. The highest BCUT2D eigenvalue weighted by atomic mass is 19.3. The third-order valence-electron chi connectivity index (χ3n) is 3.79. The Morgan fingerprint density at radius 2 is 1.93 bits per heavy atom. The number of nitrogens with one attached hydrogen (secondary N) is 1. The molecular weight excluding hydrogens is 354 g/mol. The number of rotatable bonds is 6. The number of benzene rings is 1. The van der Waals surface area contributed by atoms with Crippen molar-refractivity contribution in [2.45, 2.75) is 13.2 Å². The van der Waals surface area contributed by atoms with E-state index in [1.54, 1.807) is 10.6 Å². The van der Waals surface area contributed by atoms with E-state index in [-0.39, 0.29) is 5.75 Å². The summed E-state index contributed by atoms with van der Waals surface area (Å²) in [6.07, 6.45) is 2.69. The van der Waals surface area contributed by atoms with Gasteiger partial charge in [0.1, 0.15) is 17.9 Å². The van der Waals surface area contributed by atoms with Gasteiger partial charge < -0.3 is 10.1 Å². The van der Waals surface area contributed by atoms with Crippen LogP contribution < -0.4 is 10.1 Å². The maximum Gasteiger partial charge on any atom is 0.387 e. The molecule has 7 nitrogen and oxygen atoms in total. The number of nitrogens with zero attached hydrogens (tertiary/aromatic N) is 5. The lowest BCUT2D eigenvalue weighted by Gasteiger charge is -2.10. The van der Waals surface area contributed by atoms with Gasteiger partial charge in [-0.2, -0.15) is 23.4 Å². The molecule has 3 heterocycles. The minimum Gasteiger partial charge on any atom is -0.433 e. The largest absolute Gasteiger partial charge is 0.433 e. The van der Waals surface area contributed by atoms with Crippen molar-refractivity contribution in [2.24, 2.45) is 0 Å². The fourth-order valence-electron chi connectivity index (χ4n) is 2.56. The zero-order valence-corrected chi connectivity index (χ0v) is 14.0. The normalized spacial score (nSPS) is 11.1. The van der Waals surface area contributed by atoms with Crippen LogP contribution in [0.15, 0.2) is 61.1 Å². The van der Waals surface area contributed by atoms with Crippen molar-refractivity contribution < 1.29 is 13.5 Å². The van der Waals surface area contributed by atoms with Crippen molar-refractivity contribution in [3.05, 3.63) is 66.7 Å². The maximum absolute atomic E-state index is 12.2. The molecule has 1 aromatic carbocycles. The Kier molecular flexibility index (Phi) is 4.56. The molecule has 9 heteroatoms. The lowest BCUT2D eigenvalue weighted by atomic mass is 10.1. The number of fused-ring (bicyclic) bond motifs is 1. The molecular formula is C18H14F2N6O. The molecule has 0 saturated heterocycles. The first-order valence-corrected chi connectivity index (χ1v) is 8.09. The van der Waals surface area contributed by atoms with Gasteiger partial charge >= 0.3 is 6.61 Å². The van der Waals surface area contributed by atoms with Crippen LogP contribution in [0, 0.1) is 0 Å². The number of halogens is 2. The average Bonchev–Trinajstić information content (AvgIpc) is 3.16. The highest BCUT2D eigenvalue weighted by Crippen LogP contribution is 2.21. The molecule has 1 N–H and O–H groups in total. The lowest BCUT2D eigenvalue weighted by Crippen LogP contribution is -2.08. The van der Waals surface area contributed by atoms with Gasteiger partial charge in [-0.05, 0) is 12.1 Å². The van der Waals surface area contributed by atoms with Crippen LogP contribution in [0.2, 0.25) is 0 Å². The van der Waals surface area contributed by atoms with Gasteiger partial charge in [0.05, 0.1) is 24.1 Å². The molecule has 0 aliphatic rings. The van der Waals surface area contributed by atoms with Crippen molar-refractivity contribution in [3.8, 4) is 17.0 Å². The van der Waals surface area contributed by atoms with Crippen molar-refractivity contribution in [1.29, 1.82) is 0 Å². The first-order valence-electron chi connectivity index (χ1n) is 8.09. The molecule has 0 aliphatic carbocycles. The van der Waals surface area contributed by atoms with E-state index in [0.29, 0.717) is 23.8 Å². The van der Waals surface area contributed by atoms with Gasteiger partial charge in [0.25, 0.3) is 5.78 Å². The van der Waals surface area contributed by atoms with Gasteiger partial charge in [0.2, 0.25) is 0 Å². The van der Waals surface area contributed by atoms with E-state index in [9.17, 15) is 8.78 Å². The van der Waals surface area contributed by atoms with Gasteiger partial charge in [-0.25, -0.2) is 4.98 Å². The molecule has 0 atom stereocenters. The van der Waals surface area contributed by atoms with Gasteiger partial charge in [-0.3, -0.25) is 4.98 Å². The summed E-state index contributed by atoms with van der Waals surface area (Å²) in [4.78, 5) is 12.8. The third-order valence-corrected chi connectivity index (χ3v) is 3.79. The smallest absolute Gasteiger partial charge is 0.387 e. The minimum absolute atomic E-state index is 0.0164. The summed E-state index contributed by atoms with van der Waals surface area (Å²) < 4.78 is 30.3. The molecule has 0 bridgehead atoms. The highest BCUT2D eigenvalue weighted by molar-refractivity contribution is 5.65. The highest BCUT2D eigenvalue weighted by Gasteiger charge is 2.10. The monoisotopic (exact) mass is 368 g/mol. The van der Waals surface area contributed by atoms with Crippen molar-refractivity contribution >= 4 is 11.6 Å². The Hall–Kier alpha value is -3.62. The molecule has 0 aliphatic heterocycles. The van der Waals surface area contributed by atoms with Gasteiger partial charge in [-0.15, -0.1) is 0 Å². The number of anilines is 1. The minimum atomic E-state index is -2.87. The summed E-state index contributed by atoms with van der Waals surface area (Å²) in [5.74, 6) is 1.17. The first-order chi connectivity index (χ1) is 13.2. The second kappa shape index (κ2) is 7.32. The molecule has 0 unspecified atom stereocenters. The van der Waals surface area contributed by atoms with Crippen LogP contribution in [-0.4, -0.2) is 31.2 Å². The van der Waals surface area contributed by atoms with E-state index >= 15 is 0 Å². The van der Waals surface area contributed by atoms with Crippen LogP contribution in [0.1, 0.15) is 5.69 Å². The van der Waals surface area contributed by atoms with Crippen LogP contribution in [-0.2, 0) is 6.54 Å². The molecule has 0 radical (unpaired) electrons. The number of aromatic nitrogens is 5. The lowest BCUT2D eigenvalue weighted by molar-refractivity contribution is -0.0500. The van der Waals surface area contributed by atoms with Crippen molar-refractivity contribution in [1.82, 2.24) is 24.6 Å². The SMILES string of the molecule is FC(F)Oc1ccc(CNc2cc(-c3ccccc3)nc3ncnn23)nc1. The predicted molar refractivity (Wildman–Crippen MR) is 94.4 cm³/mol. The number of ether oxygens (including phenoxy) is 1. The molecule has 0 spiro atoms. The summed E-state index contributed by atoms with van der Waals surface area (Å²) >= 11 is 0. The summed E-state index contributed by atoms with van der Waals surface area (Å²) in [6, 6.07) is 14.7. The maximum atomic E-state index is 12.2. The standard InChI is InChI=1S/C18H14F2N6O/c19-17(20)27-14-7-6-13(21-10-14)9-22-16-8-15(12-4-2-1-3-5-12)25-18-23-11-24-26(16)18/h1-8,10-11,17,22H,9H2. The Bertz CT molecular complexity index is 1040. The van der Waals surface area contributed by atoms with Gasteiger partial charge in [0.15, 0.2) is 0 Å². The quantitative estimate of drug-likeness (QED) is 0.562. The Labute approximate surface area is 152 Å². The molecule has 4 rings (SSSR count). The van der Waals surface area contributed by atoms with E-state index < -0.39 is 6.61 Å². The van der Waals surface area contributed by atoms with E-state index in [4.69, 9.17) is 0 Å². The summed E-state index contributed by atoms with van der Waals surface area (Å²) in [5, 5.41) is 7.40. The molecule has 27 heavy (non-hydrogen) atoms. The topological polar surface area (TPSA) is 77.2 Å². The Morgan fingerprint density at radius 1 is 1.07 bits per heavy atom. The predicted octanol–water partition coefficient (Wildman–Crippen LogP) is 3.40. The molecule has 0 amide bonds. The second-order valence-corrected chi connectivity index (χ2v) is 5.58. The first kappa shape index (κ1) is 16.8. The second-order valence-electron chi connectivity index (χ2n) is 5.58. The van der Waals surface area contributed by atoms with Gasteiger partial charge in [-0.1, -0.05) is 30.3 Å². The number of hydrogen-bond acceptors (Lipinski definition) is 6. The fourth-order valence-corrected chi connectivity index (χ4v) is 2.56. The van der Waals surface area contributed by atoms with E-state index in [1.165, 1.54) is 18.6 Å².